The number of para-hydroxylation sites is 2. The van der Waals surface area contributed by atoms with Crippen LogP contribution in [0.15, 0.2) is 54.6 Å². The number of benzene rings is 2. The predicted octanol–water partition coefficient (Wildman–Crippen LogP) is 4.08. The van der Waals surface area contributed by atoms with Gasteiger partial charge < -0.3 is 10.2 Å². The van der Waals surface area contributed by atoms with Crippen LogP contribution in [0.1, 0.15) is 16.3 Å². The molecule has 0 atom stereocenters. The van der Waals surface area contributed by atoms with Crippen LogP contribution in [0, 0.1) is 18.6 Å². The Labute approximate surface area is 149 Å². The molecule has 132 valence electrons. The summed E-state index contributed by atoms with van der Waals surface area (Å²) < 4.78 is 27.6. The van der Waals surface area contributed by atoms with E-state index in [1.807, 2.05) is 18.2 Å². The predicted molar refractivity (Wildman–Crippen MR) is 95.6 cm³/mol. The largest absolute Gasteiger partial charge is 0.335 e. The van der Waals surface area contributed by atoms with E-state index in [1.54, 1.807) is 26.1 Å². The van der Waals surface area contributed by atoms with Crippen molar-refractivity contribution in [2.24, 2.45) is 0 Å². The lowest BCUT2D eigenvalue weighted by atomic mass is 10.2. The average molecular weight is 354 g/mol. The smallest absolute Gasteiger partial charge is 0.276 e. The van der Waals surface area contributed by atoms with E-state index in [-0.39, 0.29) is 23.1 Å². The number of halogens is 2. The number of carbonyl (C=O) groups excluding carboxylic acids is 1. The minimum absolute atomic E-state index is 0.114. The number of aromatic nitrogens is 2. The van der Waals surface area contributed by atoms with E-state index in [0.717, 1.165) is 12.1 Å². The van der Waals surface area contributed by atoms with Crippen molar-refractivity contribution in [3.8, 4) is 0 Å². The number of aryl methyl sites for hydroxylation is 1. The second-order valence-corrected chi connectivity index (χ2v) is 5.61. The van der Waals surface area contributed by atoms with Crippen molar-refractivity contribution in [3.05, 3.63) is 77.8 Å². The summed E-state index contributed by atoms with van der Waals surface area (Å²) in [6.45, 7) is 1.60. The first-order chi connectivity index (χ1) is 12.5. The van der Waals surface area contributed by atoms with Gasteiger partial charge in [0, 0.05) is 18.8 Å². The van der Waals surface area contributed by atoms with Crippen molar-refractivity contribution >= 4 is 23.1 Å². The molecular formula is C19H16F2N4O. The van der Waals surface area contributed by atoms with Crippen molar-refractivity contribution < 1.29 is 13.6 Å². The van der Waals surface area contributed by atoms with Crippen LogP contribution >= 0.6 is 0 Å². The van der Waals surface area contributed by atoms with Crippen LogP contribution in [0.4, 0.5) is 26.0 Å². The highest BCUT2D eigenvalue weighted by Crippen LogP contribution is 2.23. The Bertz CT molecular complexity index is 927. The van der Waals surface area contributed by atoms with Gasteiger partial charge in [0.25, 0.3) is 5.91 Å². The summed E-state index contributed by atoms with van der Waals surface area (Å²) in [5.74, 6) is -1.44. The third-order valence-electron chi connectivity index (χ3n) is 3.72. The van der Waals surface area contributed by atoms with E-state index in [2.05, 4.69) is 15.3 Å². The molecule has 2 aromatic carbocycles. The Morgan fingerprint density at radius 1 is 1.00 bits per heavy atom. The summed E-state index contributed by atoms with van der Waals surface area (Å²) in [6, 6.07) is 14.0. The number of amides is 1. The number of nitrogens with zero attached hydrogens (tertiary/aromatic N) is 3. The first kappa shape index (κ1) is 17.5. The van der Waals surface area contributed by atoms with Crippen LogP contribution in [-0.2, 0) is 0 Å². The number of hydrogen-bond acceptors (Lipinski definition) is 4. The van der Waals surface area contributed by atoms with Crippen LogP contribution < -0.4 is 10.2 Å². The Balaban J connectivity index is 1.92. The Morgan fingerprint density at radius 2 is 1.65 bits per heavy atom. The van der Waals surface area contributed by atoms with Gasteiger partial charge in [-0.05, 0) is 31.2 Å². The molecular weight excluding hydrogens is 338 g/mol. The summed E-state index contributed by atoms with van der Waals surface area (Å²) in [6.07, 6.45) is 0. The van der Waals surface area contributed by atoms with Crippen LogP contribution in [-0.4, -0.2) is 22.9 Å². The number of carbonyl (C=O) groups is 1. The molecule has 0 aliphatic rings. The van der Waals surface area contributed by atoms with Crippen LogP contribution in [0.25, 0.3) is 0 Å². The molecule has 0 saturated heterocycles. The molecule has 0 fully saturated rings. The van der Waals surface area contributed by atoms with Crippen LogP contribution in [0.2, 0.25) is 0 Å². The van der Waals surface area contributed by atoms with Crippen molar-refractivity contribution in [2.75, 3.05) is 17.3 Å². The second-order valence-electron chi connectivity index (χ2n) is 5.61. The van der Waals surface area contributed by atoms with Gasteiger partial charge >= 0.3 is 0 Å². The van der Waals surface area contributed by atoms with Crippen LogP contribution in [0.5, 0.6) is 0 Å². The fraction of sp³-hybridized carbons (Fsp3) is 0.105. The number of nitrogens with one attached hydrogen (secondary N) is 1. The highest BCUT2D eigenvalue weighted by atomic mass is 19.1. The molecule has 0 unspecified atom stereocenters. The summed E-state index contributed by atoms with van der Waals surface area (Å²) in [5.41, 5.74) is 0.479. The van der Waals surface area contributed by atoms with E-state index in [9.17, 15) is 13.6 Å². The molecule has 5 nitrogen and oxygen atoms in total. The zero-order chi connectivity index (χ0) is 18.7. The molecule has 0 bridgehead atoms. The van der Waals surface area contributed by atoms with Crippen molar-refractivity contribution in [1.29, 1.82) is 0 Å². The summed E-state index contributed by atoms with van der Waals surface area (Å²) in [7, 11) is 1.62. The van der Waals surface area contributed by atoms with Crippen LogP contribution in [0.3, 0.4) is 0 Å². The molecule has 0 aliphatic heterocycles. The molecule has 0 aliphatic carbocycles. The molecule has 0 radical (unpaired) electrons. The molecule has 26 heavy (non-hydrogen) atoms. The summed E-state index contributed by atoms with van der Waals surface area (Å²) >= 11 is 0. The standard InChI is InChI=1S/C19H16F2N4O/c1-12-22-16(19(26)25(2)13-7-4-3-5-8-13)11-17(23-12)24-18-14(20)9-6-10-15(18)21/h3-11H,1-2H3,(H,22,23,24). The second kappa shape index (κ2) is 7.26. The van der Waals surface area contributed by atoms with Gasteiger partial charge in [-0.2, -0.15) is 0 Å². The molecule has 0 spiro atoms. The average Bonchev–Trinajstić information content (AvgIpc) is 2.64. The zero-order valence-corrected chi connectivity index (χ0v) is 14.2. The lowest BCUT2D eigenvalue weighted by Gasteiger charge is -2.17. The van der Waals surface area contributed by atoms with E-state index in [4.69, 9.17) is 0 Å². The van der Waals surface area contributed by atoms with Gasteiger partial charge in [0.05, 0.1) is 0 Å². The Hall–Kier alpha value is -3.35. The van der Waals surface area contributed by atoms with Gasteiger partial charge in [-0.15, -0.1) is 0 Å². The van der Waals surface area contributed by atoms with Crippen molar-refractivity contribution in [3.63, 3.8) is 0 Å². The third-order valence-corrected chi connectivity index (χ3v) is 3.72. The zero-order valence-electron chi connectivity index (χ0n) is 14.2. The normalized spacial score (nSPS) is 10.5. The van der Waals surface area contributed by atoms with E-state index < -0.39 is 11.6 Å². The molecule has 1 amide bonds. The Kier molecular flexibility index (Phi) is 4.88. The molecule has 0 saturated carbocycles. The van der Waals surface area contributed by atoms with Crippen molar-refractivity contribution in [1.82, 2.24) is 9.97 Å². The highest BCUT2D eigenvalue weighted by molar-refractivity contribution is 6.04. The maximum atomic E-state index is 13.8. The fourth-order valence-corrected chi connectivity index (χ4v) is 2.43. The van der Waals surface area contributed by atoms with Gasteiger partial charge in [-0.3, -0.25) is 4.79 Å². The van der Waals surface area contributed by atoms with Gasteiger partial charge in [-0.25, -0.2) is 18.7 Å². The number of hydrogen-bond donors (Lipinski definition) is 1. The Morgan fingerprint density at radius 3 is 2.31 bits per heavy atom. The van der Waals surface area contributed by atoms with Gasteiger partial charge in [0.15, 0.2) is 0 Å². The molecule has 7 heteroatoms. The molecule has 3 rings (SSSR count). The van der Waals surface area contributed by atoms with E-state index >= 15 is 0 Å². The molecule has 1 aromatic heterocycles. The maximum absolute atomic E-state index is 13.8. The fourth-order valence-electron chi connectivity index (χ4n) is 2.43. The molecule has 1 N–H and O–H groups in total. The summed E-state index contributed by atoms with van der Waals surface area (Å²) in [5, 5.41) is 2.58. The van der Waals surface area contributed by atoms with E-state index in [0.29, 0.717) is 11.5 Å². The van der Waals surface area contributed by atoms with Gasteiger partial charge in [0.1, 0.15) is 34.7 Å². The lowest BCUT2D eigenvalue weighted by Crippen LogP contribution is -2.27. The number of rotatable bonds is 4. The third kappa shape index (κ3) is 3.66. The molecule has 1 heterocycles. The van der Waals surface area contributed by atoms with Gasteiger partial charge in [0.2, 0.25) is 0 Å². The monoisotopic (exact) mass is 354 g/mol. The lowest BCUT2D eigenvalue weighted by molar-refractivity contribution is 0.0988. The SMILES string of the molecule is Cc1nc(Nc2c(F)cccc2F)cc(C(=O)N(C)c2ccccc2)n1. The maximum Gasteiger partial charge on any atom is 0.276 e. The quantitative estimate of drug-likeness (QED) is 0.767. The minimum atomic E-state index is -0.754. The van der Waals surface area contributed by atoms with Crippen molar-refractivity contribution in [2.45, 2.75) is 6.92 Å². The first-order valence-corrected chi connectivity index (χ1v) is 7.85. The minimum Gasteiger partial charge on any atom is -0.335 e. The van der Waals surface area contributed by atoms with Gasteiger partial charge in [-0.1, -0.05) is 24.3 Å². The molecule has 3 aromatic rings. The highest BCUT2D eigenvalue weighted by Gasteiger charge is 2.17. The first-order valence-electron chi connectivity index (χ1n) is 7.85. The van der Waals surface area contributed by atoms with E-state index in [1.165, 1.54) is 17.0 Å². The topological polar surface area (TPSA) is 58.1 Å². The number of anilines is 3. The summed E-state index contributed by atoms with van der Waals surface area (Å²) in [4.78, 5) is 22.4.